The summed E-state index contributed by atoms with van der Waals surface area (Å²) in [5, 5.41) is 0. The molecule has 0 radical (unpaired) electrons. The molecule has 0 fully saturated rings. The predicted molar refractivity (Wildman–Crippen MR) is 331 cm³/mol. The van der Waals surface area contributed by atoms with Crippen LogP contribution in [0.1, 0.15) is 97.2 Å². The van der Waals surface area contributed by atoms with E-state index in [-0.39, 0.29) is 17.5 Å². The van der Waals surface area contributed by atoms with Crippen LogP contribution in [0.5, 0.6) is 34.5 Å². The summed E-state index contributed by atoms with van der Waals surface area (Å²) in [4.78, 5) is 2.37. The molecule has 11 aromatic carbocycles. The van der Waals surface area contributed by atoms with Crippen LogP contribution >= 0.6 is 0 Å². The van der Waals surface area contributed by atoms with E-state index < -0.39 is 10.8 Å². The van der Waals surface area contributed by atoms with Gasteiger partial charge in [-0.3, -0.25) is 0 Å². The van der Waals surface area contributed by atoms with Gasteiger partial charge in [0.15, 0.2) is 11.5 Å². The molecular weight excluding hydrogens is 986 g/mol. The van der Waals surface area contributed by atoms with Crippen LogP contribution in [-0.4, -0.2) is 6.71 Å². The fraction of sp³-hybridized carbons (Fsp3) is 0.132. The lowest BCUT2D eigenvalue weighted by molar-refractivity contribution is 0.462. The number of hydrogen-bond acceptors (Lipinski definition) is 4. The van der Waals surface area contributed by atoms with Gasteiger partial charge >= 0.3 is 0 Å². The topological polar surface area (TPSA) is 30.9 Å². The van der Waals surface area contributed by atoms with E-state index in [2.05, 4.69) is 289 Å². The van der Waals surface area contributed by atoms with Gasteiger partial charge in [0.25, 0.3) is 6.71 Å². The molecule has 4 nitrogen and oxygen atoms in total. The highest BCUT2D eigenvalue weighted by molar-refractivity contribution is 6.98. The average molecular weight is 1040 g/mol. The van der Waals surface area contributed by atoms with Crippen molar-refractivity contribution in [3.05, 3.63) is 298 Å². The zero-order valence-corrected chi connectivity index (χ0v) is 46.3. The third-order valence-electron chi connectivity index (χ3n) is 18.3. The molecule has 11 aromatic rings. The molecule has 388 valence electrons. The Morgan fingerprint density at radius 1 is 0.321 bits per heavy atom. The fourth-order valence-corrected chi connectivity index (χ4v) is 14.5. The van der Waals surface area contributed by atoms with Gasteiger partial charge < -0.3 is 19.1 Å². The van der Waals surface area contributed by atoms with Gasteiger partial charge in [-0.15, -0.1) is 0 Å². The van der Waals surface area contributed by atoms with Crippen molar-refractivity contribution in [2.75, 3.05) is 4.90 Å². The monoisotopic (exact) mass is 1040 g/mol. The van der Waals surface area contributed by atoms with E-state index >= 15 is 0 Å². The highest BCUT2D eigenvalue weighted by Crippen LogP contribution is 2.61. The molecule has 5 heteroatoms. The summed E-state index contributed by atoms with van der Waals surface area (Å²) in [6.07, 6.45) is 0. The Morgan fingerprint density at radius 2 is 0.679 bits per heavy atom. The summed E-state index contributed by atoms with van der Waals surface area (Å²) < 4.78 is 22.0. The van der Waals surface area contributed by atoms with Gasteiger partial charge in [0.1, 0.15) is 23.0 Å². The van der Waals surface area contributed by atoms with E-state index in [9.17, 15) is 0 Å². The zero-order valence-electron chi connectivity index (χ0n) is 46.3. The summed E-state index contributed by atoms with van der Waals surface area (Å²) in [5.41, 5.74) is 21.8. The summed E-state index contributed by atoms with van der Waals surface area (Å²) in [7, 11) is 0. The lowest BCUT2D eigenvalue weighted by Crippen LogP contribution is -2.57. The van der Waals surface area contributed by atoms with Gasteiger partial charge in [0.05, 0.1) is 27.9 Å². The van der Waals surface area contributed by atoms with Crippen molar-refractivity contribution in [2.24, 2.45) is 0 Å². The normalized spacial score (nSPS) is 15.0. The van der Waals surface area contributed by atoms with E-state index in [1.165, 1.54) is 66.8 Å². The van der Waals surface area contributed by atoms with Crippen LogP contribution in [0.25, 0.3) is 22.3 Å². The van der Waals surface area contributed by atoms with E-state index in [1.54, 1.807) is 0 Å². The molecule has 0 saturated carbocycles. The summed E-state index contributed by atoms with van der Waals surface area (Å²) >= 11 is 0. The van der Waals surface area contributed by atoms with Crippen LogP contribution in [-0.2, 0) is 21.7 Å². The molecule has 3 heterocycles. The van der Waals surface area contributed by atoms with Crippen LogP contribution in [0.4, 0.5) is 17.1 Å². The molecule has 16 rings (SSSR count). The Kier molecular flexibility index (Phi) is 10.1. The second-order valence-corrected chi connectivity index (χ2v) is 24.7. The third-order valence-corrected chi connectivity index (χ3v) is 18.3. The maximum Gasteiger partial charge on any atom is 0.260 e. The molecule has 0 bridgehead atoms. The Morgan fingerprint density at radius 3 is 1.06 bits per heavy atom. The largest absolute Gasteiger partial charge is 0.458 e. The van der Waals surface area contributed by atoms with Gasteiger partial charge in [-0.25, -0.2) is 0 Å². The number of rotatable bonds is 5. The van der Waals surface area contributed by atoms with E-state index in [0.29, 0.717) is 0 Å². The van der Waals surface area contributed by atoms with Crippen LogP contribution < -0.4 is 35.5 Å². The number of benzene rings is 11. The summed E-state index contributed by atoms with van der Waals surface area (Å²) in [6, 6.07) is 89.6. The van der Waals surface area contributed by atoms with Crippen molar-refractivity contribution in [3.8, 4) is 56.8 Å². The van der Waals surface area contributed by atoms with Crippen LogP contribution in [0.2, 0.25) is 0 Å². The summed E-state index contributed by atoms with van der Waals surface area (Å²) in [6.45, 7) is 13.6. The maximum atomic E-state index is 7.61. The van der Waals surface area contributed by atoms with Crippen molar-refractivity contribution in [1.82, 2.24) is 0 Å². The molecular formula is C76H58BNO3. The Hall–Kier alpha value is -9.32. The molecule has 0 amide bonds. The molecule has 2 aliphatic carbocycles. The van der Waals surface area contributed by atoms with Gasteiger partial charge in [0.2, 0.25) is 0 Å². The first kappa shape index (κ1) is 47.7. The second kappa shape index (κ2) is 17.1. The molecule has 0 unspecified atom stereocenters. The highest BCUT2D eigenvalue weighted by atomic mass is 16.5. The molecule has 0 spiro atoms. The Balaban J connectivity index is 0.946. The number of fused-ring (bicyclic) bond motifs is 12. The van der Waals surface area contributed by atoms with Gasteiger partial charge in [-0.05, 0) is 136 Å². The van der Waals surface area contributed by atoms with Crippen LogP contribution in [0.15, 0.2) is 243 Å². The smallest absolute Gasteiger partial charge is 0.260 e. The minimum atomic E-state index is -0.637. The van der Waals surface area contributed by atoms with Crippen molar-refractivity contribution in [3.63, 3.8) is 0 Å². The first-order valence-electron chi connectivity index (χ1n) is 28.5. The number of anilines is 3. The number of nitrogens with zero attached hydrogens (tertiary/aromatic N) is 1. The standard InChI is InChI=1S/C76H58BNO3/c1-73(2,3)49-35-39-66-62(41-49)77-63-42-50(74(4,5)6)36-40-67(63)80-71-46-53(45-70(79-66)72(71)77)78-64-37-33-51(75(47-21-9-7-10-22-47)58-29-17-13-25-54(58)55-26-14-18-30-59(55)75)43-68(64)81-69-44-52(34-38-65(69)78)76(48-23-11-8-12-24-48)60-31-19-15-27-56(60)57-28-16-20-32-61(57)76/h7-46H,1-6H3. The number of ether oxygens (including phenoxy) is 3. The molecule has 0 aromatic heterocycles. The molecule has 5 aliphatic rings. The van der Waals surface area contributed by atoms with E-state index in [0.717, 1.165) is 79.1 Å². The van der Waals surface area contributed by atoms with Gasteiger partial charge in [-0.1, -0.05) is 236 Å². The Labute approximate surface area is 475 Å². The quantitative estimate of drug-likeness (QED) is 0.161. The average Bonchev–Trinajstić information content (AvgIpc) is 3.53. The van der Waals surface area contributed by atoms with Crippen molar-refractivity contribution < 1.29 is 14.2 Å². The van der Waals surface area contributed by atoms with Crippen molar-refractivity contribution >= 4 is 40.2 Å². The zero-order chi connectivity index (χ0) is 54.6. The first-order chi connectivity index (χ1) is 39.4. The fourth-order valence-electron chi connectivity index (χ4n) is 14.5. The highest BCUT2D eigenvalue weighted by Gasteiger charge is 2.49. The third kappa shape index (κ3) is 6.72. The van der Waals surface area contributed by atoms with Crippen LogP contribution in [0, 0.1) is 0 Å². The number of hydrogen-bond donors (Lipinski definition) is 0. The van der Waals surface area contributed by atoms with Gasteiger partial charge in [0, 0.05) is 17.6 Å². The van der Waals surface area contributed by atoms with Crippen molar-refractivity contribution in [2.45, 2.75) is 63.2 Å². The second-order valence-electron chi connectivity index (χ2n) is 24.7. The lowest BCUT2D eigenvalue weighted by Gasteiger charge is -2.39. The van der Waals surface area contributed by atoms with Gasteiger partial charge in [-0.2, -0.15) is 0 Å². The lowest BCUT2D eigenvalue weighted by atomic mass is 9.34. The van der Waals surface area contributed by atoms with E-state index in [1.807, 2.05) is 0 Å². The Bertz CT molecular complexity index is 4060. The summed E-state index contributed by atoms with van der Waals surface area (Å²) in [5.74, 6) is 4.79. The maximum absolute atomic E-state index is 7.61. The SMILES string of the molecule is CC(C)(C)c1ccc2c(c1)B1c3cc(C(C)(C)C)ccc3Oc3cc(N4c5ccc(C6(c7ccccc7)c7ccccc7-c7ccccc76)cc5Oc5cc(C6(c7ccccc7)c7ccccc7-c7ccccc76)ccc54)cc(c31)O2. The van der Waals surface area contributed by atoms with Crippen LogP contribution in [0.3, 0.4) is 0 Å². The molecule has 0 N–H and O–H groups in total. The minimum absolute atomic E-state index is 0.0589. The van der Waals surface area contributed by atoms with Crippen molar-refractivity contribution in [1.29, 1.82) is 0 Å². The molecule has 81 heavy (non-hydrogen) atoms. The molecule has 3 aliphatic heterocycles. The van der Waals surface area contributed by atoms with E-state index in [4.69, 9.17) is 14.2 Å². The molecule has 0 saturated heterocycles. The first-order valence-corrected chi connectivity index (χ1v) is 28.5. The predicted octanol–water partition coefficient (Wildman–Crippen LogP) is 17.3. The minimum Gasteiger partial charge on any atom is -0.458 e. The molecule has 0 atom stereocenters.